The highest BCUT2D eigenvalue weighted by Crippen LogP contribution is 2.27. The molecule has 3 rings (SSSR count). The molecule has 13 heteroatoms. The highest BCUT2D eigenvalue weighted by molar-refractivity contribution is 7.92. The van der Waals surface area contributed by atoms with Crippen LogP contribution >= 0.6 is 22.7 Å². The second-order valence-electron chi connectivity index (χ2n) is 6.19. The van der Waals surface area contributed by atoms with Gasteiger partial charge in [0.05, 0.1) is 16.3 Å². The maximum absolute atomic E-state index is 12.5. The topological polar surface area (TPSA) is 109 Å². The number of sulfonamides is 1. The Kier molecular flexibility index (Phi) is 6.81. The molecule has 0 saturated heterocycles. The standard InChI is InChI=1S/C19H13F3N2O5S3/c20-19(21,22)16(25)13-7-8-14(31-13)18(27)24-32(28,29)15-9-6-12(30-15)10-23-17(26)11-4-2-1-3-5-11/h1-9H,10H2,(H,23,26)(H,24,27). The Hall–Kier alpha value is -3.03. The zero-order valence-corrected chi connectivity index (χ0v) is 18.3. The van der Waals surface area contributed by atoms with E-state index >= 15 is 0 Å². The van der Waals surface area contributed by atoms with Gasteiger partial charge in [-0.25, -0.2) is 13.1 Å². The number of ketones is 1. The molecule has 0 spiro atoms. The molecule has 0 bridgehead atoms. The van der Waals surface area contributed by atoms with Crippen molar-refractivity contribution >= 4 is 50.3 Å². The lowest BCUT2D eigenvalue weighted by Gasteiger charge is -2.04. The first-order valence-electron chi connectivity index (χ1n) is 8.68. The van der Waals surface area contributed by atoms with Crippen molar-refractivity contribution < 1.29 is 36.0 Å². The van der Waals surface area contributed by atoms with E-state index in [4.69, 9.17) is 0 Å². The summed E-state index contributed by atoms with van der Waals surface area (Å²) in [4.78, 5) is 34.9. The maximum atomic E-state index is 12.5. The predicted octanol–water partition coefficient (Wildman–Crippen LogP) is 3.60. The molecule has 0 saturated carbocycles. The minimum atomic E-state index is -5.10. The maximum Gasteiger partial charge on any atom is 0.455 e. The van der Waals surface area contributed by atoms with Gasteiger partial charge in [-0.15, -0.1) is 22.7 Å². The van der Waals surface area contributed by atoms with Crippen LogP contribution in [0.25, 0.3) is 0 Å². The summed E-state index contributed by atoms with van der Waals surface area (Å²) in [5, 5.41) is 2.64. The zero-order valence-electron chi connectivity index (χ0n) is 15.8. The number of amides is 2. The van der Waals surface area contributed by atoms with Crippen LogP contribution in [0.5, 0.6) is 0 Å². The number of halogens is 3. The first kappa shape index (κ1) is 23.6. The second kappa shape index (κ2) is 9.22. The fourth-order valence-corrected chi connectivity index (χ4v) is 5.59. The average molecular weight is 503 g/mol. The molecule has 1 aromatic carbocycles. The summed E-state index contributed by atoms with van der Waals surface area (Å²) in [6.45, 7) is 0.0513. The number of thiophene rings is 2. The summed E-state index contributed by atoms with van der Waals surface area (Å²) in [7, 11) is -4.31. The number of carbonyl (C=O) groups excluding carboxylic acids is 3. The summed E-state index contributed by atoms with van der Waals surface area (Å²) in [6.07, 6.45) is -5.10. The summed E-state index contributed by atoms with van der Waals surface area (Å²) in [5.74, 6) is -3.63. The lowest BCUT2D eigenvalue weighted by molar-refractivity contribution is -0.0882. The van der Waals surface area contributed by atoms with Gasteiger partial charge in [0.25, 0.3) is 27.6 Å². The molecule has 0 unspecified atom stereocenters. The van der Waals surface area contributed by atoms with Crippen LogP contribution < -0.4 is 10.0 Å². The molecule has 2 aromatic heterocycles. The van der Waals surface area contributed by atoms with Crippen LogP contribution in [0.2, 0.25) is 0 Å². The molecule has 2 amide bonds. The summed E-state index contributed by atoms with van der Waals surface area (Å²) >= 11 is 1.05. The molecular weight excluding hydrogens is 489 g/mol. The van der Waals surface area contributed by atoms with Gasteiger partial charge in [-0.2, -0.15) is 13.2 Å². The van der Waals surface area contributed by atoms with Gasteiger partial charge >= 0.3 is 6.18 Å². The molecule has 2 N–H and O–H groups in total. The number of benzene rings is 1. The van der Waals surface area contributed by atoms with Crippen LogP contribution in [0.3, 0.4) is 0 Å². The molecular formula is C19H13F3N2O5S3. The third-order valence-electron chi connectivity index (χ3n) is 3.90. The van der Waals surface area contributed by atoms with E-state index in [0.29, 0.717) is 10.4 Å². The first-order valence-corrected chi connectivity index (χ1v) is 11.8. The molecule has 0 radical (unpaired) electrons. The van der Waals surface area contributed by atoms with Crippen molar-refractivity contribution in [1.29, 1.82) is 0 Å². The molecule has 0 atom stereocenters. The molecule has 0 aliphatic carbocycles. The normalized spacial score (nSPS) is 11.7. The fourth-order valence-electron chi connectivity index (χ4n) is 2.40. The lowest BCUT2D eigenvalue weighted by Crippen LogP contribution is -2.29. The molecule has 168 valence electrons. The van der Waals surface area contributed by atoms with Crippen molar-refractivity contribution in [3.05, 3.63) is 74.8 Å². The minimum Gasteiger partial charge on any atom is -0.347 e. The Bertz CT molecular complexity index is 1260. The second-order valence-corrected chi connectivity index (χ2v) is 10.4. The van der Waals surface area contributed by atoms with Crippen LogP contribution in [0.4, 0.5) is 13.2 Å². The van der Waals surface area contributed by atoms with Gasteiger partial charge in [0.1, 0.15) is 4.21 Å². The quantitative estimate of drug-likeness (QED) is 0.480. The smallest absolute Gasteiger partial charge is 0.347 e. The fraction of sp³-hybridized carbons (Fsp3) is 0.105. The van der Waals surface area contributed by atoms with Gasteiger partial charge in [0, 0.05) is 10.4 Å². The van der Waals surface area contributed by atoms with Crippen molar-refractivity contribution in [2.45, 2.75) is 16.9 Å². The molecule has 7 nitrogen and oxygen atoms in total. The Morgan fingerprint density at radius 2 is 1.50 bits per heavy atom. The third-order valence-corrected chi connectivity index (χ3v) is 7.89. The van der Waals surface area contributed by atoms with Crippen LogP contribution in [-0.4, -0.2) is 32.2 Å². The van der Waals surface area contributed by atoms with E-state index < -0.39 is 32.8 Å². The van der Waals surface area contributed by atoms with E-state index in [0.717, 1.165) is 23.5 Å². The molecule has 32 heavy (non-hydrogen) atoms. The van der Waals surface area contributed by atoms with E-state index in [1.54, 1.807) is 35.1 Å². The van der Waals surface area contributed by atoms with E-state index in [1.807, 2.05) is 0 Å². The van der Waals surface area contributed by atoms with Gasteiger partial charge in [-0.1, -0.05) is 18.2 Å². The predicted molar refractivity (Wildman–Crippen MR) is 111 cm³/mol. The molecule has 0 fully saturated rings. The van der Waals surface area contributed by atoms with Crippen molar-refractivity contribution in [2.24, 2.45) is 0 Å². The van der Waals surface area contributed by atoms with Gasteiger partial charge in [0.2, 0.25) is 0 Å². The highest BCUT2D eigenvalue weighted by Gasteiger charge is 2.40. The Morgan fingerprint density at radius 1 is 0.844 bits per heavy atom. The van der Waals surface area contributed by atoms with Crippen molar-refractivity contribution in [1.82, 2.24) is 10.0 Å². The number of rotatable bonds is 7. The molecule has 2 heterocycles. The van der Waals surface area contributed by atoms with Crippen molar-refractivity contribution in [3.8, 4) is 0 Å². The van der Waals surface area contributed by atoms with Gasteiger partial charge < -0.3 is 5.32 Å². The van der Waals surface area contributed by atoms with Crippen LogP contribution in [0, 0.1) is 0 Å². The number of Topliss-reactive ketones (excluding diaryl/α,β-unsaturated/α-hetero) is 1. The molecule has 0 aliphatic rings. The summed E-state index contributed by atoms with van der Waals surface area (Å²) in [6, 6.07) is 12.8. The SMILES string of the molecule is O=C(NCc1ccc(S(=O)(=O)NC(=O)c2ccc(C(=O)C(F)(F)F)s2)s1)c1ccccc1. The van der Waals surface area contributed by atoms with Crippen molar-refractivity contribution in [2.75, 3.05) is 0 Å². The number of carbonyl (C=O) groups is 3. The minimum absolute atomic E-state index is 0.0513. The van der Waals surface area contributed by atoms with Crippen LogP contribution in [0.15, 0.2) is 58.8 Å². The summed E-state index contributed by atoms with van der Waals surface area (Å²) in [5.41, 5.74) is 0.434. The molecule has 3 aromatic rings. The molecule has 0 aliphatic heterocycles. The first-order chi connectivity index (χ1) is 15.0. The summed E-state index contributed by atoms with van der Waals surface area (Å²) < 4.78 is 63.9. The number of hydrogen-bond donors (Lipinski definition) is 2. The third kappa shape index (κ3) is 5.60. The van der Waals surface area contributed by atoms with Crippen molar-refractivity contribution in [3.63, 3.8) is 0 Å². The number of alkyl halides is 3. The van der Waals surface area contributed by atoms with E-state index in [2.05, 4.69) is 5.32 Å². The van der Waals surface area contributed by atoms with E-state index in [1.165, 1.54) is 12.1 Å². The lowest BCUT2D eigenvalue weighted by atomic mass is 10.2. The average Bonchev–Trinajstić information content (AvgIpc) is 3.41. The largest absolute Gasteiger partial charge is 0.455 e. The van der Waals surface area contributed by atoms with Gasteiger partial charge in [-0.3, -0.25) is 14.4 Å². The zero-order chi connectivity index (χ0) is 23.5. The van der Waals surface area contributed by atoms with Gasteiger partial charge in [-0.05, 0) is 36.4 Å². The highest BCUT2D eigenvalue weighted by atomic mass is 32.2. The van der Waals surface area contributed by atoms with E-state index in [9.17, 15) is 36.0 Å². The Balaban J connectivity index is 1.64. The number of nitrogens with one attached hydrogen (secondary N) is 2. The van der Waals surface area contributed by atoms with E-state index in [-0.39, 0.29) is 32.9 Å². The van der Waals surface area contributed by atoms with Crippen LogP contribution in [0.1, 0.15) is 34.6 Å². The Labute approximate surface area is 187 Å². The van der Waals surface area contributed by atoms with Gasteiger partial charge in [0.15, 0.2) is 0 Å². The monoisotopic (exact) mass is 502 g/mol. The van der Waals surface area contributed by atoms with Crippen LogP contribution in [-0.2, 0) is 16.6 Å². The number of hydrogen-bond acceptors (Lipinski definition) is 7. The Morgan fingerprint density at radius 3 is 2.16 bits per heavy atom.